The van der Waals surface area contributed by atoms with Gasteiger partial charge in [0.05, 0.1) is 6.61 Å². The predicted molar refractivity (Wildman–Crippen MR) is 88.4 cm³/mol. The van der Waals surface area contributed by atoms with Gasteiger partial charge in [0.1, 0.15) is 6.04 Å². The molecule has 3 N–H and O–H groups in total. The van der Waals surface area contributed by atoms with E-state index in [1.165, 1.54) is 0 Å². The van der Waals surface area contributed by atoms with Crippen molar-refractivity contribution in [2.75, 3.05) is 33.4 Å². The van der Waals surface area contributed by atoms with Crippen molar-refractivity contribution in [3.05, 3.63) is 35.9 Å². The van der Waals surface area contributed by atoms with E-state index in [-0.39, 0.29) is 24.2 Å². The van der Waals surface area contributed by atoms with Gasteiger partial charge in [0.2, 0.25) is 5.91 Å². The van der Waals surface area contributed by atoms with Gasteiger partial charge in [0, 0.05) is 32.3 Å². The normalized spacial score (nSPS) is 11.2. The Labute approximate surface area is 137 Å². The third-order valence-corrected chi connectivity index (χ3v) is 2.86. The van der Waals surface area contributed by atoms with Crippen molar-refractivity contribution in [1.82, 2.24) is 16.0 Å². The standard InChI is InChI=1S/C15H23N3O3.ClH/c1-12(14(19)17-9-8-16-10-11-21-2)18-15(20)13-6-4-3-5-7-13;/h3-7,12,16H,8-11H2,1-2H3,(H,17,19)(H,18,20);1H. The van der Waals surface area contributed by atoms with Crippen LogP contribution < -0.4 is 16.0 Å². The summed E-state index contributed by atoms with van der Waals surface area (Å²) in [6.45, 7) is 4.21. The van der Waals surface area contributed by atoms with Crippen LogP contribution in [0.3, 0.4) is 0 Å². The molecular formula is C15H24ClN3O3. The second-order valence-corrected chi connectivity index (χ2v) is 4.60. The molecule has 1 atom stereocenters. The Morgan fingerprint density at radius 3 is 2.45 bits per heavy atom. The maximum absolute atomic E-state index is 11.9. The molecular weight excluding hydrogens is 306 g/mol. The average Bonchev–Trinajstić information content (AvgIpc) is 2.51. The number of carbonyl (C=O) groups excluding carboxylic acids is 2. The molecule has 7 heteroatoms. The summed E-state index contributed by atoms with van der Waals surface area (Å²) in [6, 6.07) is 8.25. The Balaban J connectivity index is 0.00000441. The highest BCUT2D eigenvalue weighted by Crippen LogP contribution is 1.98. The van der Waals surface area contributed by atoms with Gasteiger partial charge < -0.3 is 20.7 Å². The summed E-state index contributed by atoms with van der Waals surface area (Å²) in [6.07, 6.45) is 0. The van der Waals surface area contributed by atoms with Crippen LogP contribution in [0.25, 0.3) is 0 Å². The maximum atomic E-state index is 11.9. The number of amides is 2. The van der Waals surface area contributed by atoms with Gasteiger partial charge in [-0.05, 0) is 19.1 Å². The molecule has 22 heavy (non-hydrogen) atoms. The van der Waals surface area contributed by atoms with Crippen LogP contribution in [0.4, 0.5) is 0 Å². The maximum Gasteiger partial charge on any atom is 0.251 e. The summed E-state index contributed by atoms with van der Waals surface area (Å²) in [5.41, 5.74) is 0.540. The van der Waals surface area contributed by atoms with Crippen molar-refractivity contribution in [3.63, 3.8) is 0 Å². The summed E-state index contributed by atoms with van der Waals surface area (Å²) >= 11 is 0. The number of hydrogen-bond acceptors (Lipinski definition) is 4. The monoisotopic (exact) mass is 329 g/mol. The molecule has 0 bridgehead atoms. The van der Waals surface area contributed by atoms with E-state index >= 15 is 0 Å². The van der Waals surface area contributed by atoms with E-state index in [0.717, 1.165) is 6.54 Å². The molecule has 1 aromatic carbocycles. The van der Waals surface area contributed by atoms with Crippen molar-refractivity contribution >= 4 is 24.2 Å². The van der Waals surface area contributed by atoms with Crippen molar-refractivity contribution < 1.29 is 14.3 Å². The van der Waals surface area contributed by atoms with Gasteiger partial charge in [0.25, 0.3) is 5.91 Å². The lowest BCUT2D eigenvalue weighted by atomic mass is 10.2. The lowest BCUT2D eigenvalue weighted by Crippen LogP contribution is -2.46. The summed E-state index contributed by atoms with van der Waals surface area (Å²) in [7, 11) is 1.64. The summed E-state index contributed by atoms with van der Waals surface area (Å²) in [4.78, 5) is 23.7. The molecule has 124 valence electrons. The molecule has 1 aromatic rings. The van der Waals surface area contributed by atoms with Crippen LogP contribution in [-0.4, -0.2) is 51.2 Å². The highest BCUT2D eigenvalue weighted by molar-refractivity contribution is 5.97. The van der Waals surface area contributed by atoms with E-state index in [0.29, 0.717) is 25.3 Å². The number of rotatable bonds is 9. The zero-order chi connectivity index (χ0) is 15.5. The number of ether oxygens (including phenoxy) is 1. The third-order valence-electron chi connectivity index (χ3n) is 2.86. The van der Waals surface area contributed by atoms with E-state index in [1.54, 1.807) is 38.3 Å². The predicted octanol–water partition coefficient (Wildman–Crippen LogP) is 0.579. The first kappa shape index (κ1) is 20.4. The molecule has 0 spiro atoms. The fourth-order valence-corrected chi connectivity index (χ4v) is 1.66. The SMILES string of the molecule is COCCNCCNC(=O)C(C)NC(=O)c1ccccc1.Cl. The van der Waals surface area contributed by atoms with Crippen LogP contribution in [0.1, 0.15) is 17.3 Å². The molecule has 0 aliphatic rings. The van der Waals surface area contributed by atoms with E-state index in [1.807, 2.05) is 6.07 Å². The molecule has 1 rings (SSSR count). The molecule has 2 amide bonds. The first-order valence-electron chi connectivity index (χ1n) is 6.98. The van der Waals surface area contributed by atoms with Gasteiger partial charge in [-0.3, -0.25) is 9.59 Å². The van der Waals surface area contributed by atoms with Crippen molar-refractivity contribution in [2.45, 2.75) is 13.0 Å². The smallest absolute Gasteiger partial charge is 0.251 e. The van der Waals surface area contributed by atoms with Crippen molar-refractivity contribution in [1.29, 1.82) is 0 Å². The molecule has 0 radical (unpaired) electrons. The van der Waals surface area contributed by atoms with Crippen LogP contribution in [0.5, 0.6) is 0 Å². The Morgan fingerprint density at radius 2 is 1.82 bits per heavy atom. The van der Waals surface area contributed by atoms with Gasteiger partial charge in [0.15, 0.2) is 0 Å². The molecule has 0 fully saturated rings. The summed E-state index contributed by atoms with van der Waals surface area (Å²) in [5, 5.41) is 8.55. The summed E-state index contributed by atoms with van der Waals surface area (Å²) in [5.74, 6) is -0.454. The first-order chi connectivity index (χ1) is 10.1. The van der Waals surface area contributed by atoms with Crippen LogP contribution >= 0.6 is 12.4 Å². The minimum atomic E-state index is -0.573. The Bertz CT molecular complexity index is 443. The van der Waals surface area contributed by atoms with Crippen molar-refractivity contribution in [2.24, 2.45) is 0 Å². The topological polar surface area (TPSA) is 79.5 Å². The number of benzene rings is 1. The number of carbonyl (C=O) groups is 2. The Hall–Kier alpha value is -1.63. The highest BCUT2D eigenvalue weighted by Gasteiger charge is 2.15. The molecule has 6 nitrogen and oxygen atoms in total. The van der Waals surface area contributed by atoms with Gasteiger partial charge in [-0.2, -0.15) is 0 Å². The molecule has 0 aromatic heterocycles. The zero-order valence-corrected chi connectivity index (χ0v) is 13.7. The Kier molecular flexibility index (Phi) is 11.1. The zero-order valence-electron chi connectivity index (χ0n) is 12.9. The highest BCUT2D eigenvalue weighted by atomic mass is 35.5. The van der Waals surface area contributed by atoms with E-state index in [2.05, 4.69) is 16.0 Å². The van der Waals surface area contributed by atoms with Crippen LogP contribution in [0, 0.1) is 0 Å². The van der Waals surface area contributed by atoms with Gasteiger partial charge in [-0.15, -0.1) is 12.4 Å². The molecule has 1 unspecified atom stereocenters. The quantitative estimate of drug-likeness (QED) is 0.579. The van der Waals surface area contributed by atoms with E-state index in [9.17, 15) is 9.59 Å². The van der Waals surface area contributed by atoms with Crippen LogP contribution in [0.2, 0.25) is 0 Å². The van der Waals surface area contributed by atoms with Gasteiger partial charge >= 0.3 is 0 Å². The number of hydrogen-bond donors (Lipinski definition) is 3. The summed E-state index contributed by atoms with van der Waals surface area (Å²) < 4.78 is 4.90. The molecule has 0 aliphatic carbocycles. The van der Waals surface area contributed by atoms with Crippen molar-refractivity contribution in [3.8, 4) is 0 Å². The fraction of sp³-hybridized carbons (Fsp3) is 0.467. The number of methoxy groups -OCH3 is 1. The molecule has 0 saturated carbocycles. The number of nitrogens with one attached hydrogen (secondary N) is 3. The minimum absolute atomic E-state index is 0. The molecule has 0 saturated heterocycles. The van der Waals surface area contributed by atoms with E-state index < -0.39 is 6.04 Å². The van der Waals surface area contributed by atoms with Crippen LogP contribution in [-0.2, 0) is 9.53 Å². The average molecular weight is 330 g/mol. The second kappa shape index (κ2) is 12.0. The lowest BCUT2D eigenvalue weighted by molar-refractivity contribution is -0.122. The fourth-order valence-electron chi connectivity index (χ4n) is 1.66. The van der Waals surface area contributed by atoms with Crippen LogP contribution in [0.15, 0.2) is 30.3 Å². The Morgan fingerprint density at radius 1 is 1.14 bits per heavy atom. The second-order valence-electron chi connectivity index (χ2n) is 4.60. The molecule has 0 heterocycles. The minimum Gasteiger partial charge on any atom is -0.383 e. The number of halogens is 1. The largest absolute Gasteiger partial charge is 0.383 e. The lowest BCUT2D eigenvalue weighted by Gasteiger charge is -2.14. The van der Waals surface area contributed by atoms with E-state index in [4.69, 9.17) is 4.74 Å². The third kappa shape index (κ3) is 7.97. The van der Waals surface area contributed by atoms with Gasteiger partial charge in [-0.25, -0.2) is 0 Å². The molecule has 0 aliphatic heterocycles. The first-order valence-corrected chi connectivity index (χ1v) is 6.98. The van der Waals surface area contributed by atoms with Gasteiger partial charge in [-0.1, -0.05) is 18.2 Å².